The Hall–Kier alpha value is -3.74. The zero-order valence-electron chi connectivity index (χ0n) is 29.6. The molecule has 1 aliphatic rings. The highest BCUT2D eigenvalue weighted by atomic mass is 31.1. The number of benzene rings is 2. The average molecular weight is 713 g/mol. The number of halogens is 3. The van der Waals surface area contributed by atoms with Crippen molar-refractivity contribution in [2.24, 2.45) is 0 Å². The molecule has 4 N–H and O–H groups in total. The molecule has 1 aromatic heterocycles. The number of nitrogens with zero attached hydrogens (tertiary/aromatic N) is 2. The van der Waals surface area contributed by atoms with Crippen molar-refractivity contribution in [2.75, 3.05) is 63.2 Å². The molecule has 8 nitrogen and oxygen atoms in total. The number of alkyl halides is 3. The van der Waals surface area contributed by atoms with E-state index in [9.17, 15) is 22.8 Å². The monoisotopic (exact) mass is 712 g/mol. The maximum Gasteiger partial charge on any atom is 0.406 e. The van der Waals surface area contributed by atoms with Crippen LogP contribution in [0.4, 0.5) is 24.5 Å². The maximum atomic E-state index is 13.7. The van der Waals surface area contributed by atoms with E-state index >= 15 is 0 Å². The van der Waals surface area contributed by atoms with Crippen molar-refractivity contribution in [3.05, 3.63) is 54.2 Å². The smallest absolute Gasteiger partial charge is 0.382 e. The second-order valence-electron chi connectivity index (χ2n) is 13.2. The Balaban J connectivity index is 1.25. The summed E-state index contributed by atoms with van der Waals surface area (Å²) < 4.78 is 42.3. The Morgan fingerprint density at radius 2 is 1.58 bits per heavy atom. The minimum absolute atomic E-state index is 0.0151. The fourth-order valence-electron chi connectivity index (χ4n) is 6.19. The van der Waals surface area contributed by atoms with Crippen LogP contribution in [0, 0.1) is 11.8 Å². The largest absolute Gasteiger partial charge is 0.406 e. The number of anilines is 2. The molecule has 1 fully saturated rings. The third-order valence-electron chi connectivity index (χ3n) is 8.88. The number of piperidine rings is 1. The van der Waals surface area contributed by atoms with E-state index in [1.807, 2.05) is 18.2 Å². The van der Waals surface area contributed by atoms with Gasteiger partial charge in [0.2, 0.25) is 11.8 Å². The van der Waals surface area contributed by atoms with E-state index in [4.69, 9.17) is 0 Å². The first-order valence-corrected chi connectivity index (χ1v) is 19.9. The van der Waals surface area contributed by atoms with Gasteiger partial charge in [0, 0.05) is 55.9 Å². The van der Waals surface area contributed by atoms with Crippen LogP contribution in [0.1, 0.15) is 64.0 Å². The number of unbranched alkanes of at least 4 members (excludes halogenated alkanes) is 5. The summed E-state index contributed by atoms with van der Waals surface area (Å²) in [6, 6.07) is 15.5. The quantitative estimate of drug-likeness (QED) is 0.0729. The van der Waals surface area contributed by atoms with Gasteiger partial charge in [-0.05, 0) is 80.6 Å². The molecule has 1 saturated heterocycles. The van der Waals surface area contributed by atoms with E-state index < -0.39 is 12.7 Å². The van der Waals surface area contributed by atoms with E-state index in [2.05, 4.69) is 63.5 Å². The lowest BCUT2D eigenvalue weighted by Crippen LogP contribution is -2.44. The molecule has 0 atom stereocenters. The number of hydrogen-bond acceptors (Lipinski definition) is 5. The molecule has 0 unspecified atom stereocenters. The van der Waals surface area contributed by atoms with Gasteiger partial charge in [0.15, 0.2) is 0 Å². The lowest BCUT2D eigenvalue weighted by atomic mass is 10.0. The van der Waals surface area contributed by atoms with E-state index in [0.29, 0.717) is 36.2 Å². The summed E-state index contributed by atoms with van der Waals surface area (Å²) in [6.07, 6.45) is 3.64. The normalized spacial score (nSPS) is 14.0. The summed E-state index contributed by atoms with van der Waals surface area (Å²) in [6.45, 7) is 8.43. The predicted octanol–water partition coefficient (Wildman–Crippen LogP) is 6.50. The number of likely N-dealkylation sites (tertiary alicyclic amines) is 1. The Labute approximate surface area is 296 Å². The molecule has 2 amide bonds. The molecule has 50 heavy (non-hydrogen) atoms. The first-order valence-electron chi connectivity index (χ1n) is 17.7. The topological polar surface area (TPSA) is 90.4 Å². The van der Waals surface area contributed by atoms with Crippen molar-refractivity contribution in [1.82, 2.24) is 20.1 Å². The molecule has 12 heteroatoms. The first kappa shape index (κ1) is 39.1. The highest BCUT2D eigenvalue weighted by Crippen LogP contribution is 2.31. The Bertz CT molecular complexity index is 1590. The van der Waals surface area contributed by atoms with Crippen LogP contribution in [0.2, 0.25) is 0 Å². The molecule has 0 spiro atoms. The summed E-state index contributed by atoms with van der Waals surface area (Å²) in [7, 11) is -0.179. The molecule has 2 heterocycles. The van der Waals surface area contributed by atoms with Crippen molar-refractivity contribution < 1.29 is 22.8 Å². The predicted molar refractivity (Wildman–Crippen MR) is 201 cm³/mol. The average Bonchev–Trinajstić information content (AvgIpc) is 3.41. The van der Waals surface area contributed by atoms with Gasteiger partial charge in [-0.3, -0.25) is 14.5 Å². The molecular weight excluding hydrogens is 660 g/mol. The van der Waals surface area contributed by atoms with Crippen LogP contribution in [-0.4, -0.2) is 86.1 Å². The van der Waals surface area contributed by atoms with Gasteiger partial charge in [-0.15, -0.1) is 0 Å². The molecule has 4 rings (SSSR count). The molecular formula is C38H52F3N6O2P. The molecule has 0 aliphatic carbocycles. The lowest BCUT2D eigenvalue weighted by Gasteiger charge is -2.32. The fourth-order valence-corrected chi connectivity index (χ4v) is 6.93. The van der Waals surface area contributed by atoms with E-state index in [-0.39, 0.29) is 25.8 Å². The molecule has 272 valence electrons. The van der Waals surface area contributed by atoms with Crippen LogP contribution in [-0.2, 0) is 16.1 Å². The highest BCUT2D eigenvalue weighted by molar-refractivity contribution is 7.64. The summed E-state index contributed by atoms with van der Waals surface area (Å²) in [4.78, 5) is 25.6. The zero-order chi connectivity index (χ0) is 35.9. The third-order valence-corrected chi connectivity index (χ3v) is 10.2. The maximum absolute atomic E-state index is 13.7. The standard InChI is InChI=1S/C38H52F3N6O2P/c1-29(48)42-21-8-6-4-5-7-9-22-44-37(49)27-46-24-19-31(20-25-46)45-35-13-10-14-36-34(35)26-32(47(36)28-38(39,40)41)12-11-23-43-30-15-17-33(18-16-30)50(2)3/h10,13-18,26,31,43,45H,4-9,19-25,27-28H2,1-3H3,(H,42,48)(H,44,49). The number of fused-ring (bicyclic) bond motifs is 1. The van der Waals surface area contributed by atoms with Crippen molar-refractivity contribution in [3.8, 4) is 11.8 Å². The highest BCUT2D eigenvalue weighted by Gasteiger charge is 2.30. The van der Waals surface area contributed by atoms with Gasteiger partial charge in [0.05, 0.1) is 24.3 Å². The van der Waals surface area contributed by atoms with Crippen molar-refractivity contribution >= 4 is 47.3 Å². The van der Waals surface area contributed by atoms with E-state index in [1.54, 1.807) is 18.2 Å². The number of carbonyl (C=O) groups excluding carboxylic acids is 2. The number of rotatable bonds is 17. The van der Waals surface area contributed by atoms with Gasteiger partial charge < -0.3 is 25.8 Å². The Morgan fingerprint density at radius 3 is 2.22 bits per heavy atom. The summed E-state index contributed by atoms with van der Waals surface area (Å²) in [5.41, 5.74) is 2.53. The Kier molecular flexibility index (Phi) is 15.3. The van der Waals surface area contributed by atoms with Crippen LogP contribution in [0.3, 0.4) is 0 Å². The fraction of sp³-hybridized carbons (Fsp3) is 0.526. The summed E-state index contributed by atoms with van der Waals surface area (Å²) >= 11 is 0. The minimum atomic E-state index is -4.39. The molecule has 0 saturated carbocycles. The van der Waals surface area contributed by atoms with Crippen molar-refractivity contribution in [3.63, 3.8) is 0 Å². The summed E-state index contributed by atoms with van der Waals surface area (Å²) in [5, 5.41) is 14.7. The van der Waals surface area contributed by atoms with Gasteiger partial charge in [-0.25, -0.2) is 0 Å². The van der Waals surface area contributed by atoms with Gasteiger partial charge in [-0.2, -0.15) is 13.2 Å². The van der Waals surface area contributed by atoms with Crippen LogP contribution < -0.4 is 26.6 Å². The van der Waals surface area contributed by atoms with Gasteiger partial charge >= 0.3 is 6.18 Å². The molecule has 2 aromatic carbocycles. The van der Waals surface area contributed by atoms with Crippen molar-refractivity contribution in [1.29, 1.82) is 0 Å². The first-order chi connectivity index (χ1) is 24.0. The lowest BCUT2D eigenvalue weighted by molar-refractivity contribution is -0.140. The molecule has 3 aromatic rings. The van der Waals surface area contributed by atoms with Crippen LogP contribution in [0.15, 0.2) is 48.5 Å². The number of carbonyl (C=O) groups is 2. The zero-order valence-corrected chi connectivity index (χ0v) is 30.5. The number of aromatic nitrogens is 1. The Morgan fingerprint density at radius 1 is 0.920 bits per heavy atom. The van der Waals surface area contributed by atoms with Gasteiger partial charge in [0.25, 0.3) is 0 Å². The van der Waals surface area contributed by atoms with Crippen LogP contribution >= 0.6 is 7.92 Å². The van der Waals surface area contributed by atoms with Crippen LogP contribution in [0.5, 0.6) is 0 Å². The number of nitrogens with one attached hydrogen (secondary N) is 4. The number of hydrogen-bond donors (Lipinski definition) is 4. The second-order valence-corrected chi connectivity index (χ2v) is 15.5. The van der Waals surface area contributed by atoms with E-state index in [1.165, 1.54) is 16.8 Å². The van der Waals surface area contributed by atoms with Gasteiger partial charge in [-0.1, -0.05) is 57.7 Å². The van der Waals surface area contributed by atoms with Crippen molar-refractivity contribution in [2.45, 2.75) is 77.1 Å². The third kappa shape index (κ3) is 13.2. The van der Waals surface area contributed by atoms with Crippen LogP contribution in [0.25, 0.3) is 10.9 Å². The van der Waals surface area contributed by atoms with E-state index in [0.717, 1.165) is 82.4 Å². The number of amides is 2. The molecule has 0 radical (unpaired) electrons. The second kappa shape index (κ2) is 19.6. The minimum Gasteiger partial charge on any atom is -0.382 e. The van der Waals surface area contributed by atoms with Gasteiger partial charge in [0.1, 0.15) is 6.54 Å². The molecule has 1 aliphatic heterocycles. The summed E-state index contributed by atoms with van der Waals surface area (Å²) in [5.74, 6) is 6.05. The SMILES string of the molecule is CC(=O)NCCCCCCCCNC(=O)CN1CCC(Nc2cccc3c2cc(C#CCNc2ccc(P(C)C)cc2)n3CC(F)(F)F)CC1. The molecule has 0 bridgehead atoms.